The molecule has 1 aromatic carbocycles. The molecule has 1 unspecified atom stereocenters. The summed E-state index contributed by atoms with van der Waals surface area (Å²) in [6.07, 6.45) is 3.46. The third-order valence-corrected chi connectivity index (χ3v) is 5.58. The average molecular weight is 327 g/mol. The summed E-state index contributed by atoms with van der Waals surface area (Å²) in [5, 5.41) is 0.998. The third-order valence-electron chi connectivity index (χ3n) is 4.39. The molecule has 1 rings (SSSR count). The van der Waals surface area contributed by atoms with Crippen molar-refractivity contribution in [3.63, 3.8) is 0 Å². The van der Waals surface area contributed by atoms with Gasteiger partial charge in [-0.25, -0.2) is 0 Å². The highest BCUT2D eigenvalue weighted by Gasteiger charge is 2.25. The molecule has 1 atom stereocenters. The number of alkyl halides is 1. The summed E-state index contributed by atoms with van der Waals surface area (Å²) < 4.78 is 5.98. The van der Waals surface area contributed by atoms with E-state index >= 15 is 0 Å². The van der Waals surface area contributed by atoms with Gasteiger partial charge in [0.25, 0.3) is 0 Å². The minimum atomic E-state index is 0.259. The van der Waals surface area contributed by atoms with Gasteiger partial charge >= 0.3 is 0 Å². The van der Waals surface area contributed by atoms with E-state index in [4.69, 9.17) is 4.74 Å². The van der Waals surface area contributed by atoms with Crippen molar-refractivity contribution in [2.45, 2.75) is 52.9 Å². The molecule has 0 aromatic heterocycles. The molecule has 0 N–H and O–H groups in total. The number of halogens is 1. The van der Waals surface area contributed by atoms with Crippen molar-refractivity contribution in [1.82, 2.24) is 0 Å². The van der Waals surface area contributed by atoms with Crippen LogP contribution in [0.1, 0.15) is 58.4 Å². The maximum Gasteiger partial charge on any atom is 0.119 e. The van der Waals surface area contributed by atoms with Crippen LogP contribution < -0.4 is 4.74 Å². The lowest BCUT2D eigenvalue weighted by Crippen LogP contribution is -2.29. The summed E-state index contributed by atoms with van der Waals surface area (Å²) in [5.74, 6) is 1.61. The van der Waals surface area contributed by atoms with Gasteiger partial charge in [-0.2, -0.15) is 0 Å². The first kappa shape index (κ1) is 16.6. The van der Waals surface area contributed by atoms with Gasteiger partial charge in [0.1, 0.15) is 5.75 Å². The van der Waals surface area contributed by atoms with Crippen LogP contribution in [-0.2, 0) is 0 Å². The number of benzene rings is 1. The molecule has 1 aromatic rings. The van der Waals surface area contributed by atoms with Crippen molar-refractivity contribution in [2.75, 3.05) is 11.9 Å². The molecule has 0 heterocycles. The first-order valence-corrected chi connectivity index (χ1v) is 8.51. The standard InChI is InChI=1S/C17H27BrO/c1-5-14(4)15-8-10-16(11-9-15)19-13-17(6-2,7-3)12-18/h8-11,14H,5-7,12-13H2,1-4H3. The maximum absolute atomic E-state index is 5.98. The van der Waals surface area contributed by atoms with Crippen LogP contribution >= 0.6 is 15.9 Å². The Kier molecular flexibility index (Phi) is 6.92. The minimum absolute atomic E-state index is 0.259. The molecule has 0 fully saturated rings. The molecular weight excluding hydrogens is 300 g/mol. The van der Waals surface area contributed by atoms with Crippen LogP contribution in [0.5, 0.6) is 5.75 Å². The van der Waals surface area contributed by atoms with Crippen LogP contribution in [-0.4, -0.2) is 11.9 Å². The van der Waals surface area contributed by atoms with Gasteiger partial charge in [-0.05, 0) is 42.9 Å². The molecular formula is C17H27BrO. The van der Waals surface area contributed by atoms with Crippen molar-refractivity contribution < 1.29 is 4.74 Å². The molecule has 0 spiro atoms. The van der Waals surface area contributed by atoms with E-state index in [-0.39, 0.29) is 5.41 Å². The largest absolute Gasteiger partial charge is 0.493 e. The van der Waals surface area contributed by atoms with Gasteiger partial charge in [0, 0.05) is 10.7 Å². The molecule has 0 amide bonds. The lowest BCUT2D eigenvalue weighted by atomic mass is 9.86. The Bertz CT molecular complexity index is 346. The highest BCUT2D eigenvalue weighted by molar-refractivity contribution is 9.09. The normalized spacial score (nSPS) is 13.3. The zero-order chi connectivity index (χ0) is 14.3. The van der Waals surface area contributed by atoms with E-state index in [0.29, 0.717) is 5.92 Å². The van der Waals surface area contributed by atoms with Crippen molar-refractivity contribution in [1.29, 1.82) is 0 Å². The molecule has 0 saturated heterocycles. The highest BCUT2D eigenvalue weighted by Crippen LogP contribution is 2.30. The molecule has 0 aliphatic heterocycles. The highest BCUT2D eigenvalue weighted by atomic mass is 79.9. The second-order valence-electron chi connectivity index (χ2n) is 5.51. The molecule has 0 radical (unpaired) electrons. The predicted molar refractivity (Wildman–Crippen MR) is 87.5 cm³/mol. The Morgan fingerprint density at radius 1 is 1.11 bits per heavy atom. The summed E-state index contributed by atoms with van der Waals surface area (Å²) in [6, 6.07) is 8.59. The number of hydrogen-bond acceptors (Lipinski definition) is 1. The van der Waals surface area contributed by atoms with Gasteiger partial charge in [-0.15, -0.1) is 0 Å². The van der Waals surface area contributed by atoms with Crippen LogP contribution in [0.25, 0.3) is 0 Å². The molecule has 108 valence electrons. The summed E-state index contributed by atoms with van der Waals surface area (Å²) in [4.78, 5) is 0. The summed E-state index contributed by atoms with van der Waals surface area (Å²) >= 11 is 3.63. The zero-order valence-corrected chi connectivity index (χ0v) is 14.3. The van der Waals surface area contributed by atoms with E-state index in [1.54, 1.807) is 0 Å². The van der Waals surface area contributed by atoms with Crippen LogP contribution in [0.2, 0.25) is 0 Å². The smallest absolute Gasteiger partial charge is 0.119 e. The fraction of sp³-hybridized carbons (Fsp3) is 0.647. The van der Waals surface area contributed by atoms with E-state index in [1.165, 1.54) is 12.0 Å². The zero-order valence-electron chi connectivity index (χ0n) is 12.7. The van der Waals surface area contributed by atoms with Gasteiger partial charge in [0.2, 0.25) is 0 Å². The number of ether oxygens (including phenoxy) is 1. The van der Waals surface area contributed by atoms with E-state index in [0.717, 1.165) is 30.5 Å². The van der Waals surface area contributed by atoms with Crippen molar-refractivity contribution in [3.05, 3.63) is 29.8 Å². The van der Waals surface area contributed by atoms with E-state index in [9.17, 15) is 0 Å². The molecule has 0 aliphatic rings. The SMILES string of the molecule is CCC(C)c1ccc(OCC(CC)(CC)CBr)cc1. The van der Waals surface area contributed by atoms with Crippen molar-refractivity contribution in [3.8, 4) is 5.75 Å². The minimum Gasteiger partial charge on any atom is -0.493 e. The topological polar surface area (TPSA) is 9.23 Å². The van der Waals surface area contributed by atoms with E-state index in [2.05, 4.69) is 67.9 Å². The fourth-order valence-corrected chi connectivity index (χ4v) is 3.00. The van der Waals surface area contributed by atoms with E-state index in [1.807, 2.05) is 0 Å². The first-order valence-electron chi connectivity index (χ1n) is 7.39. The van der Waals surface area contributed by atoms with Gasteiger partial charge in [-0.3, -0.25) is 0 Å². The average Bonchev–Trinajstić information content (AvgIpc) is 2.49. The monoisotopic (exact) mass is 326 g/mol. The molecule has 0 saturated carbocycles. The fourth-order valence-electron chi connectivity index (χ4n) is 2.05. The Morgan fingerprint density at radius 3 is 2.11 bits per heavy atom. The quantitative estimate of drug-likeness (QED) is 0.550. The van der Waals surface area contributed by atoms with Crippen LogP contribution in [0.4, 0.5) is 0 Å². The molecule has 0 aliphatic carbocycles. The van der Waals surface area contributed by atoms with Crippen molar-refractivity contribution >= 4 is 15.9 Å². The Labute approximate surface area is 126 Å². The van der Waals surface area contributed by atoms with Gasteiger partial charge in [0.05, 0.1) is 6.61 Å². The second kappa shape index (κ2) is 7.94. The molecule has 1 nitrogen and oxygen atoms in total. The molecule has 0 bridgehead atoms. The van der Waals surface area contributed by atoms with Crippen LogP contribution in [0.15, 0.2) is 24.3 Å². The lowest BCUT2D eigenvalue weighted by Gasteiger charge is -2.29. The Hall–Kier alpha value is -0.500. The second-order valence-corrected chi connectivity index (χ2v) is 6.07. The van der Waals surface area contributed by atoms with E-state index < -0.39 is 0 Å². The molecule has 19 heavy (non-hydrogen) atoms. The third kappa shape index (κ3) is 4.52. The van der Waals surface area contributed by atoms with Crippen molar-refractivity contribution in [2.24, 2.45) is 5.41 Å². The summed E-state index contributed by atoms with van der Waals surface area (Å²) in [5.41, 5.74) is 1.66. The van der Waals surface area contributed by atoms with Crippen LogP contribution in [0.3, 0.4) is 0 Å². The number of rotatable bonds is 8. The maximum atomic E-state index is 5.98. The van der Waals surface area contributed by atoms with Crippen LogP contribution in [0, 0.1) is 5.41 Å². The predicted octanol–water partition coefficient (Wildman–Crippen LogP) is 5.78. The Morgan fingerprint density at radius 2 is 1.68 bits per heavy atom. The summed E-state index contributed by atoms with van der Waals surface area (Å²) in [7, 11) is 0. The van der Waals surface area contributed by atoms with Gasteiger partial charge in [-0.1, -0.05) is 55.8 Å². The molecule has 2 heteroatoms. The first-order chi connectivity index (χ1) is 9.10. The number of hydrogen-bond donors (Lipinski definition) is 0. The Balaban J connectivity index is 2.63. The lowest BCUT2D eigenvalue weighted by molar-refractivity contribution is 0.158. The van der Waals surface area contributed by atoms with Gasteiger partial charge in [0.15, 0.2) is 0 Å². The summed E-state index contributed by atoms with van der Waals surface area (Å²) in [6.45, 7) is 9.75. The van der Waals surface area contributed by atoms with Gasteiger partial charge < -0.3 is 4.74 Å².